The SMILES string of the molecule is O=c1c2cnn(-c3ccccc3[N+](=O)[O-])c2ncn1Cc1ccc(OC(F)(F)F)cc1. The lowest BCUT2D eigenvalue weighted by molar-refractivity contribution is -0.384. The summed E-state index contributed by atoms with van der Waals surface area (Å²) in [5, 5.41) is 15.5. The van der Waals surface area contributed by atoms with E-state index in [4.69, 9.17) is 0 Å². The molecule has 0 spiro atoms. The van der Waals surface area contributed by atoms with Crippen LogP contribution in [-0.2, 0) is 6.54 Å². The lowest BCUT2D eigenvalue weighted by atomic mass is 10.2. The summed E-state index contributed by atoms with van der Waals surface area (Å²) in [7, 11) is 0. The van der Waals surface area contributed by atoms with Crippen molar-refractivity contribution in [1.82, 2.24) is 19.3 Å². The molecular formula is C19H12F3N5O4. The Morgan fingerprint density at radius 1 is 1.10 bits per heavy atom. The number of fused-ring (bicyclic) bond motifs is 1. The minimum atomic E-state index is -4.79. The molecule has 4 aromatic rings. The Bertz CT molecular complexity index is 1330. The van der Waals surface area contributed by atoms with Crippen molar-refractivity contribution in [2.24, 2.45) is 0 Å². The van der Waals surface area contributed by atoms with Gasteiger partial charge in [-0.15, -0.1) is 13.2 Å². The van der Waals surface area contributed by atoms with Crippen LogP contribution in [-0.4, -0.2) is 30.6 Å². The standard InChI is InChI=1S/C19H12F3N5O4/c20-19(21,22)31-13-7-5-12(6-8-13)10-25-11-23-17-14(18(25)28)9-24-26(17)15-3-1-2-4-16(15)27(29)30/h1-9,11H,10H2. The molecule has 0 unspecified atom stereocenters. The van der Waals surface area contributed by atoms with Crippen LogP contribution in [0.25, 0.3) is 16.7 Å². The van der Waals surface area contributed by atoms with Crippen LogP contribution in [0.5, 0.6) is 5.75 Å². The van der Waals surface area contributed by atoms with Crippen LogP contribution >= 0.6 is 0 Å². The van der Waals surface area contributed by atoms with Gasteiger partial charge in [-0.1, -0.05) is 24.3 Å². The third kappa shape index (κ3) is 4.08. The van der Waals surface area contributed by atoms with Crippen molar-refractivity contribution in [3.8, 4) is 11.4 Å². The van der Waals surface area contributed by atoms with Crippen molar-refractivity contribution >= 4 is 16.7 Å². The maximum atomic E-state index is 12.8. The largest absolute Gasteiger partial charge is 0.573 e. The number of alkyl halides is 3. The zero-order valence-electron chi connectivity index (χ0n) is 15.5. The first-order valence-corrected chi connectivity index (χ1v) is 8.74. The van der Waals surface area contributed by atoms with Gasteiger partial charge in [-0.2, -0.15) is 5.10 Å². The number of benzene rings is 2. The van der Waals surface area contributed by atoms with Gasteiger partial charge in [0.2, 0.25) is 0 Å². The summed E-state index contributed by atoms with van der Waals surface area (Å²) >= 11 is 0. The molecule has 4 rings (SSSR count). The number of ether oxygens (including phenoxy) is 1. The third-order valence-corrected chi connectivity index (χ3v) is 4.37. The molecule has 0 amide bonds. The number of rotatable bonds is 5. The van der Waals surface area contributed by atoms with E-state index in [0.29, 0.717) is 5.56 Å². The van der Waals surface area contributed by atoms with E-state index in [2.05, 4.69) is 14.8 Å². The van der Waals surface area contributed by atoms with Crippen LogP contribution < -0.4 is 10.3 Å². The molecule has 0 fully saturated rings. The lowest BCUT2D eigenvalue weighted by Gasteiger charge is -2.10. The van der Waals surface area contributed by atoms with Crippen molar-refractivity contribution in [1.29, 1.82) is 0 Å². The van der Waals surface area contributed by atoms with Gasteiger partial charge in [0, 0.05) is 6.07 Å². The normalized spacial score (nSPS) is 11.6. The number of nitrogens with zero attached hydrogens (tertiary/aromatic N) is 5. The number of halogens is 3. The maximum Gasteiger partial charge on any atom is 0.573 e. The smallest absolute Gasteiger partial charge is 0.406 e. The second kappa shape index (κ2) is 7.55. The van der Waals surface area contributed by atoms with Crippen molar-refractivity contribution in [3.63, 3.8) is 0 Å². The Balaban J connectivity index is 1.66. The molecule has 0 aliphatic carbocycles. The molecule has 0 radical (unpaired) electrons. The number of nitro groups is 1. The number of nitro benzene ring substituents is 1. The Labute approximate surface area is 171 Å². The fourth-order valence-corrected chi connectivity index (χ4v) is 3.03. The molecule has 31 heavy (non-hydrogen) atoms. The molecule has 0 atom stereocenters. The van der Waals surface area contributed by atoms with Gasteiger partial charge >= 0.3 is 6.36 Å². The minimum Gasteiger partial charge on any atom is -0.406 e. The predicted molar refractivity (Wildman–Crippen MR) is 102 cm³/mol. The highest BCUT2D eigenvalue weighted by molar-refractivity contribution is 5.76. The lowest BCUT2D eigenvalue weighted by Crippen LogP contribution is -2.21. The highest BCUT2D eigenvalue weighted by Crippen LogP contribution is 2.25. The summed E-state index contributed by atoms with van der Waals surface area (Å²) in [5.41, 5.74) is 0.200. The first-order chi connectivity index (χ1) is 14.7. The molecule has 0 N–H and O–H groups in total. The zero-order chi connectivity index (χ0) is 22.2. The maximum absolute atomic E-state index is 12.8. The molecule has 0 bridgehead atoms. The zero-order valence-corrected chi connectivity index (χ0v) is 15.5. The van der Waals surface area contributed by atoms with Gasteiger partial charge in [0.15, 0.2) is 5.65 Å². The molecule has 0 saturated heterocycles. The Hall–Kier alpha value is -4.22. The predicted octanol–water partition coefficient (Wildman–Crippen LogP) is 3.44. The molecule has 9 nitrogen and oxygen atoms in total. The van der Waals surface area contributed by atoms with Gasteiger partial charge in [0.05, 0.1) is 17.7 Å². The Morgan fingerprint density at radius 3 is 2.48 bits per heavy atom. The van der Waals surface area contributed by atoms with Crippen LogP contribution in [0, 0.1) is 10.1 Å². The average Bonchev–Trinajstić information content (AvgIpc) is 3.15. The molecule has 158 valence electrons. The second-order valence-electron chi connectivity index (χ2n) is 6.41. The van der Waals surface area contributed by atoms with Crippen LogP contribution in [0.4, 0.5) is 18.9 Å². The van der Waals surface area contributed by atoms with Crippen molar-refractivity contribution < 1.29 is 22.8 Å². The molecule has 2 heterocycles. The van der Waals surface area contributed by atoms with E-state index >= 15 is 0 Å². The van der Waals surface area contributed by atoms with E-state index in [1.165, 1.54) is 52.1 Å². The number of aromatic nitrogens is 4. The van der Waals surface area contributed by atoms with Gasteiger partial charge in [0.25, 0.3) is 11.2 Å². The fraction of sp³-hybridized carbons (Fsp3) is 0.105. The van der Waals surface area contributed by atoms with E-state index < -0.39 is 16.8 Å². The van der Waals surface area contributed by atoms with Crippen molar-refractivity contribution in [2.75, 3.05) is 0 Å². The van der Waals surface area contributed by atoms with Crippen molar-refractivity contribution in [3.05, 3.63) is 87.1 Å². The molecule has 0 aliphatic heterocycles. The van der Waals surface area contributed by atoms with Gasteiger partial charge in [0.1, 0.15) is 23.2 Å². The fourth-order valence-electron chi connectivity index (χ4n) is 3.03. The summed E-state index contributed by atoms with van der Waals surface area (Å²) in [4.78, 5) is 27.7. The van der Waals surface area contributed by atoms with E-state index in [0.717, 1.165) is 12.1 Å². The van der Waals surface area contributed by atoms with Crippen molar-refractivity contribution in [2.45, 2.75) is 12.9 Å². The van der Waals surface area contributed by atoms with E-state index in [-0.39, 0.29) is 34.7 Å². The van der Waals surface area contributed by atoms with Crippen LogP contribution in [0.2, 0.25) is 0 Å². The molecule has 0 saturated carbocycles. The third-order valence-electron chi connectivity index (χ3n) is 4.37. The van der Waals surface area contributed by atoms with Gasteiger partial charge in [-0.3, -0.25) is 19.5 Å². The first-order valence-electron chi connectivity index (χ1n) is 8.74. The molecule has 12 heteroatoms. The van der Waals surface area contributed by atoms with E-state index in [1.807, 2.05) is 0 Å². The van der Waals surface area contributed by atoms with Gasteiger partial charge in [-0.05, 0) is 23.8 Å². The summed E-state index contributed by atoms with van der Waals surface area (Å²) < 4.78 is 43.1. The van der Waals surface area contributed by atoms with Crippen LogP contribution in [0.1, 0.15) is 5.56 Å². The highest BCUT2D eigenvalue weighted by atomic mass is 19.4. The van der Waals surface area contributed by atoms with Gasteiger partial charge in [-0.25, -0.2) is 9.67 Å². The minimum absolute atomic E-state index is 0.0464. The Kier molecular flexibility index (Phi) is 4.89. The van der Waals surface area contributed by atoms with E-state index in [1.54, 1.807) is 6.07 Å². The summed E-state index contributed by atoms with van der Waals surface area (Å²) in [6, 6.07) is 11.0. The van der Waals surface area contributed by atoms with Gasteiger partial charge < -0.3 is 4.74 Å². The molecule has 0 aliphatic rings. The van der Waals surface area contributed by atoms with Crippen LogP contribution in [0.3, 0.4) is 0 Å². The monoisotopic (exact) mass is 431 g/mol. The van der Waals surface area contributed by atoms with E-state index in [9.17, 15) is 28.1 Å². The summed E-state index contributed by atoms with van der Waals surface area (Å²) in [5.74, 6) is -0.372. The average molecular weight is 431 g/mol. The topological polar surface area (TPSA) is 105 Å². The highest BCUT2D eigenvalue weighted by Gasteiger charge is 2.31. The van der Waals surface area contributed by atoms with Crippen LogP contribution in [0.15, 0.2) is 65.8 Å². The summed E-state index contributed by atoms with van der Waals surface area (Å²) in [6.07, 6.45) is -2.28. The first kappa shape index (κ1) is 20.1. The second-order valence-corrected chi connectivity index (χ2v) is 6.41. The number of hydrogen-bond donors (Lipinski definition) is 0. The summed E-state index contributed by atoms with van der Waals surface area (Å²) in [6.45, 7) is 0.0464. The molecular weight excluding hydrogens is 419 g/mol. The molecule has 2 aromatic carbocycles. The quantitative estimate of drug-likeness (QED) is 0.354. The Morgan fingerprint density at radius 2 is 1.81 bits per heavy atom. The molecule has 2 aromatic heterocycles. The number of para-hydroxylation sites is 2. The number of hydrogen-bond acceptors (Lipinski definition) is 6.